The third kappa shape index (κ3) is 4.54. The second kappa shape index (κ2) is 7.92. The molecule has 0 radical (unpaired) electrons. The van der Waals surface area contributed by atoms with E-state index in [1.165, 1.54) is 6.07 Å². The van der Waals surface area contributed by atoms with E-state index in [-0.39, 0.29) is 23.5 Å². The fourth-order valence-electron chi connectivity index (χ4n) is 3.97. The lowest BCUT2D eigenvalue weighted by Crippen LogP contribution is -2.54. The van der Waals surface area contributed by atoms with Crippen LogP contribution in [0.5, 0.6) is 0 Å². The Morgan fingerprint density at radius 2 is 2.12 bits per heavy atom. The number of carbonyl (C=O) groups is 1. The highest BCUT2D eigenvalue weighted by Crippen LogP contribution is 2.35. The number of benzene rings is 1. The third-order valence-corrected chi connectivity index (χ3v) is 5.70. The number of carbonyl (C=O) groups excluding carboxylic acids is 1. The quantitative estimate of drug-likeness (QED) is 0.898. The summed E-state index contributed by atoms with van der Waals surface area (Å²) in [6.07, 6.45) is 3.65. The molecule has 26 heavy (non-hydrogen) atoms. The Hall–Kier alpha value is -1.66. The summed E-state index contributed by atoms with van der Waals surface area (Å²) in [5.41, 5.74) is 2.06. The molecule has 1 aromatic carbocycles. The van der Waals surface area contributed by atoms with E-state index in [1.54, 1.807) is 25.1 Å². The predicted molar refractivity (Wildman–Crippen MR) is 99.6 cm³/mol. The van der Waals surface area contributed by atoms with Gasteiger partial charge < -0.3 is 15.0 Å². The van der Waals surface area contributed by atoms with Gasteiger partial charge in [0.25, 0.3) is 0 Å². The Balaban J connectivity index is 1.55. The van der Waals surface area contributed by atoms with Gasteiger partial charge in [0.1, 0.15) is 5.82 Å². The molecule has 0 saturated carbocycles. The van der Waals surface area contributed by atoms with Gasteiger partial charge in [-0.25, -0.2) is 9.18 Å². The molecular formula is C20H30FN3O2. The summed E-state index contributed by atoms with van der Waals surface area (Å²) in [7, 11) is 3.52. The number of urea groups is 1. The van der Waals surface area contributed by atoms with Crippen LogP contribution < -0.4 is 5.32 Å². The standard InChI is InChI=1S/C20H30FN3O2/c1-15-4-5-17(21)12-16(15)14-24-9-7-20(8-10-24)13-18(6-11-26-20)22-19(25)23(2)3/h4-5,12,18H,6-11,13-14H2,1-3H3,(H,22,25). The number of hydrogen-bond donors (Lipinski definition) is 1. The fraction of sp³-hybridized carbons (Fsp3) is 0.650. The summed E-state index contributed by atoms with van der Waals surface area (Å²) in [5, 5.41) is 3.11. The first kappa shape index (κ1) is 19.1. The number of halogens is 1. The molecular weight excluding hydrogens is 333 g/mol. The molecule has 2 amide bonds. The second-order valence-corrected chi connectivity index (χ2v) is 7.91. The Morgan fingerprint density at radius 3 is 2.81 bits per heavy atom. The van der Waals surface area contributed by atoms with Crippen molar-refractivity contribution in [2.45, 2.75) is 50.8 Å². The van der Waals surface area contributed by atoms with Crippen LogP contribution in [0, 0.1) is 12.7 Å². The van der Waals surface area contributed by atoms with Gasteiger partial charge in [-0.3, -0.25) is 4.90 Å². The van der Waals surface area contributed by atoms with Crippen molar-refractivity contribution in [2.24, 2.45) is 0 Å². The number of amides is 2. The number of rotatable bonds is 3. The maximum absolute atomic E-state index is 13.5. The van der Waals surface area contributed by atoms with Crippen molar-refractivity contribution in [2.75, 3.05) is 33.8 Å². The van der Waals surface area contributed by atoms with Crippen molar-refractivity contribution < 1.29 is 13.9 Å². The molecule has 1 aromatic rings. The highest BCUT2D eigenvalue weighted by atomic mass is 19.1. The first-order chi connectivity index (χ1) is 12.4. The third-order valence-electron chi connectivity index (χ3n) is 5.70. The van der Waals surface area contributed by atoms with Crippen LogP contribution in [0.15, 0.2) is 18.2 Å². The molecule has 2 aliphatic rings. The molecule has 1 atom stereocenters. The molecule has 3 rings (SSSR count). The average molecular weight is 363 g/mol. The van der Waals surface area contributed by atoms with Crippen LogP contribution in [-0.4, -0.2) is 61.3 Å². The topological polar surface area (TPSA) is 44.8 Å². The summed E-state index contributed by atoms with van der Waals surface area (Å²) in [6.45, 7) is 5.37. The molecule has 6 heteroatoms. The van der Waals surface area contributed by atoms with E-state index < -0.39 is 0 Å². The molecule has 0 aliphatic carbocycles. The van der Waals surface area contributed by atoms with Crippen LogP contribution in [-0.2, 0) is 11.3 Å². The number of piperidine rings is 1. The lowest BCUT2D eigenvalue weighted by Gasteiger charge is -2.46. The normalized spacial score (nSPS) is 23.0. The van der Waals surface area contributed by atoms with Crippen LogP contribution in [0.2, 0.25) is 0 Å². The fourth-order valence-corrected chi connectivity index (χ4v) is 3.97. The maximum atomic E-state index is 13.5. The van der Waals surface area contributed by atoms with Gasteiger partial charge in [-0.15, -0.1) is 0 Å². The van der Waals surface area contributed by atoms with E-state index in [0.29, 0.717) is 6.61 Å². The molecule has 2 fully saturated rings. The lowest BCUT2D eigenvalue weighted by molar-refractivity contribution is -0.119. The van der Waals surface area contributed by atoms with Gasteiger partial charge in [0.2, 0.25) is 0 Å². The SMILES string of the molecule is Cc1ccc(F)cc1CN1CCC2(CC1)CC(NC(=O)N(C)C)CCO2. The zero-order valence-corrected chi connectivity index (χ0v) is 16.1. The van der Waals surface area contributed by atoms with Crippen molar-refractivity contribution in [3.63, 3.8) is 0 Å². The number of ether oxygens (including phenoxy) is 1. The number of hydrogen-bond acceptors (Lipinski definition) is 3. The lowest BCUT2D eigenvalue weighted by atomic mass is 9.82. The summed E-state index contributed by atoms with van der Waals surface area (Å²) < 4.78 is 19.7. The molecule has 2 heterocycles. The van der Waals surface area contributed by atoms with E-state index in [9.17, 15) is 9.18 Å². The first-order valence-electron chi connectivity index (χ1n) is 9.46. The van der Waals surface area contributed by atoms with E-state index >= 15 is 0 Å². The number of aryl methyl sites for hydroxylation is 1. The zero-order valence-electron chi connectivity index (χ0n) is 16.1. The Bertz CT molecular complexity index is 642. The van der Waals surface area contributed by atoms with Crippen molar-refractivity contribution in [3.8, 4) is 0 Å². The second-order valence-electron chi connectivity index (χ2n) is 7.91. The van der Waals surface area contributed by atoms with E-state index in [4.69, 9.17) is 4.74 Å². The number of likely N-dealkylation sites (tertiary alicyclic amines) is 1. The molecule has 0 bridgehead atoms. The molecule has 1 unspecified atom stereocenters. The molecule has 5 nitrogen and oxygen atoms in total. The van der Waals surface area contributed by atoms with E-state index in [2.05, 4.69) is 10.2 Å². The van der Waals surface area contributed by atoms with Gasteiger partial charge in [0.15, 0.2) is 0 Å². The Kier molecular flexibility index (Phi) is 5.82. The predicted octanol–water partition coefficient (Wildman–Crippen LogP) is 2.92. The zero-order chi connectivity index (χ0) is 18.7. The maximum Gasteiger partial charge on any atom is 0.317 e. The van der Waals surface area contributed by atoms with Crippen LogP contribution in [0.25, 0.3) is 0 Å². The minimum Gasteiger partial charge on any atom is -0.375 e. The average Bonchev–Trinajstić information content (AvgIpc) is 2.60. The highest BCUT2D eigenvalue weighted by Gasteiger charge is 2.40. The first-order valence-corrected chi connectivity index (χ1v) is 9.46. The minimum atomic E-state index is -0.172. The largest absolute Gasteiger partial charge is 0.375 e. The van der Waals surface area contributed by atoms with Crippen molar-refractivity contribution in [3.05, 3.63) is 35.1 Å². The van der Waals surface area contributed by atoms with E-state index in [0.717, 1.165) is 56.4 Å². The molecule has 0 aromatic heterocycles. The van der Waals surface area contributed by atoms with E-state index in [1.807, 2.05) is 13.0 Å². The summed E-state index contributed by atoms with van der Waals surface area (Å²) in [4.78, 5) is 15.9. The van der Waals surface area contributed by atoms with Gasteiger partial charge in [-0.2, -0.15) is 0 Å². The van der Waals surface area contributed by atoms with Crippen LogP contribution in [0.3, 0.4) is 0 Å². The molecule has 1 N–H and O–H groups in total. The summed E-state index contributed by atoms with van der Waals surface area (Å²) in [6, 6.07) is 5.14. The van der Waals surface area contributed by atoms with Gasteiger partial charge in [0, 0.05) is 46.4 Å². The smallest absolute Gasteiger partial charge is 0.317 e. The van der Waals surface area contributed by atoms with Crippen molar-refractivity contribution >= 4 is 6.03 Å². The Labute approximate surface area is 155 Å². The van der Waals surface area contributed by atoms with Gasteiger partial charge in [0.05, 0.1) is 5.60 Å². The van der Waals surface area contributed by atoms with Crippen molar-refractivity contribution in [1.29, 1.82) is 0 Å². The monoisotopic (exact) mass is 363 g/mol. The minimum absolute atomic E-state index is 0.0361. The highest BCUT2D eigenvalue weighted by molar-refractivity contribution is 5.73. The van der Waals surface area contributed by atoms with Gasteiger partial charge in [-0.1, -0.05) is 6.07 Å². The van der Waals surface area contributed by atoms with Crippen molar-refractivity contribution in [1.82, 2.24) is 15.1 Å². The number of nitrogens with zero attached hydrogens (tertiary/aromatic N) is 2. The number of nitrogens with one attached hydrogen (secondary N) is 1. The van der Waals surface area contributed by atoms with Crippen LogP contribution >= 0.6 is 0 Å². The summed E-state index contributed by atoms with van der Waals surface area (Å²) >= 11 is 0. The van der Waals surface area contributed by atoms with Gasteiger partial charge >= 0.3 is 6.03 Å². The molecule has 2 saturated heterocycles. The van der Waals surface area contributed by atoms with Crippen LogP contribution in [0.4, 0.5) is 9.18 Å². The Morgan fingerprint density at radius 1 is 1.38 bits per heavy atom. The van der Waals surface area contributed by atoms with Crippen LogP contribution in [0.1, 0.15) is 36.8 Å². The summed E-state index contributed by atoms with van der Waals surface area (Å²) in [5.74, 6) is -0.172. The molecule has 2 aliphatic heterocycles. The molecule has 1 spiro atoms. The van der Waals surface area contributed by atoms with Gasteiger partial charge in [-0.05, 0) is 55.9 Å². The molecule has 144 valence electrons.